The van der Waals surface area contributed by atoms with Crippen LogP contribution in [0.4, 0.5) is 0 Å². The molecule has 0 radical (unpaired) electrons. The van der Waals surface area contributed by atoms with Gasteiger partial charge in [-0.05, 0) is 59.6 Å². The molecule has 2 unspecified atom stereocenters. The van der Waals surface area contributed by atoms with Gasteiger partial charge in [0.2, 0.25) is 0 Å². The number of aryl methyl sites for hydroxylation is 2. The Labute approximate surface area is 171 Å². The number of dihydropyridines is 1. The Morgan fingerprint density at radius 2 is 1.79 bits per heavy atom. The number of nitrogens with one attached hydrogen (secondary N) is 1. The number of allylic oxidation sites excluding steroid dienone is 4. The topological polar surface area (TPSA) is 81.9 Å². The van der Waals surface area contributed by atoms with Crippen molar-refractivity contribution in [2.24, 2.45) is 10.9 Å². The molecule has 0 fully saturated rings. The average molecular weight is 392 g/mol. The summed E-state index contributed by atoms with van der Waals surface area (Å²) in [6.07, 6.45) is 9.69. The number of aliphatic hydroxyl groups excluding tert-OH is 2. The van der Waals surface area contributed by atoms with Crippen molar-refractivity contribution in [1.29, 1.82) is 0 Å². The number of aliphatic hydroxyl groups is 2. The van der Waals surface area contributed by atoms with Crippen LogP contribution < -0.4 is 5.32 Å². The Kier molecular flexibility index (Phi) is 5.52. The zero-order valence-corrected chi connectivity index (χ0v) is 17.0. The third kappa shape index (κ3) is 3.85. The first kappa shape index (κ1) is 19.8. The molecule has 1 aromatic rings. The van der Waals surface area contributed by atoms with Gasteiger partial charge in [0.1, 0.15) is 5.76 Å². The number of carbonyl (C=O) groups is 1. The molecule has 3 N–H and O–H groups in total. The minimum Gasteiger partial charge on any atom is -0.506 e. The van der Waals surface area contributed by atoms with Gasteiger partial charge in [0.25, 0.3) is 5.91 Å². The van der Waals surface area contributed by atoms with Crippen LogP contribution in [-0.2, 0) is 30.5 Å². The molecular formula is C24H28N2O3. The van der Waals surface area contributed by atoms with Crippen LogP contribution in [0.15, 0.2) is 52.8 Å². The van der Waals surface area contributed by atoms with E-state index in [0.717, 1.165) is 31.3 Å². The molecular weight excluding hydrogens is 364 g/mol. The molecule has 5 nitrogen and oxygen atoms in total. The second-order valence-electron chi connectivity index (χ2n) is 8.02. The summed E-state index contributed by atoms with van der Waals surface area (Å²) in [6, 6.07) is 5.02. The smallest absolute Gasteiger partial charge is 0.269 e. The first-order valence-corrected chi connectivity index (χ1v) is 10.5. The van der Waals surface area contributed by atoms with Gasteiger partial charge in [-0.1, -0.05) is 38.1 Å². The minimum absolute atomic E-state index is 0.0127. The summed E-state index contributed by atoms with van der Waals surface area (Å²) in [7, 11) is 0. The second-order valence-corrected chi connectivity index (χ2v) is 8.02. The third-order valence-corrected chi connectivity index (χ3v) is 6.21. The molecule has 3 aliphatic rings. The van der Waals surface area contributed by atoms with E-state index in [1.165, 1.54) is 34.4 Å². The Morgan fingerprint density at radius 3 is 2.41 bits per heavy atom. The van der Waals surface area contributed by atoms with Crippen molar-refractivity contribution in [3.05, 3.63) is 70.0 Å². The highest BCUT2D eigenvalue weighted by Crippen LogP contribution is 2.29. The lowest BCUT2D eigenvalue weighted by molar-refractivity contribution is -0.113. The van der Waals surface area contributed by atoms with Gasteiger partial charge in [0, 0.05) is 24.6 Å². The van der Waals surface area contributed by atoms with Gasteiger partial charge in [-0.2, -0.15) is 0 Å². The molecule has 4 rings (SSSR count). The van der Waals surface area contributed by atoms with Gasteiger partial charge in [0.05, 0.1) is 11.8 Å². The summed E-state index contributed by atoms with van der Waals surface area (Å²) < 4.78 is 0. The molecule has 2 aliphatic carbocycles. The molecule has 1 aromatic carbocycles. The second kappa shape index (κ2) is 8.09. The fourth-order valence-electron chi connectivity index (χ4n) is 4.64. The van der Waals surface area contributed by atoms with Crippen molar-refractivity contribution >= 4 is 11.6 Å². The Bertz CT molecular complexity index is 922. The number of carbonyl (C=O) groups excluding carboxylic acids is 1. The normalized spacial score (nSPS) is 22.0. The lowest BCUT2D eigenvalue weighted by Gasteiger charge is -2.28. The number of hydrogen-bond donors (Lipinski definition) is 3. The van der Waals surface area contributed by atoms with E-state index in [4.69, 9.17) is 0 Å². The van der Waals surface area contributed by atoms with Gasteiger partial charge in [-0.15, -0.1) is 0 Å². The summed E-state index contributed by atoms with van der Waals surface area (Å²) in [5.74, 6) is -0.748. The van der Waals surface area contributed by atoms with Crippen LogP contribution in [0.5, 0.6) is 0 Å². The van der Waals surface area contributed by atoms with Crippen LogP contribution in [0.3, 0.4) is 0 Å². The van der Waals surface area contributed by atoms with Gasteiger partial charge in [-0.25, -0.2) is 4.99 Å². The molecule has 1 amide bonds. The predicted molar refractivity (Wildman–Crippen MR) is 114 cm³/mol. The Hall–Kier alpha value is -2.50. The quantitative estimate of drug-likeness (QED) is 0.695. The van der Waals surface area contributed by atoms with E-state index in [0.29, 0.717) is 18.3 Å². The highest BCUT2D eigenvalue weighted by atomic mass is 16.3. The third-order valence-electron chi connectivity index (χ3n) is 6.21. The summed E-state index contributed by atoms with van der Waals surface area (Å²) in [6.45, 7) is 4.83. The lowest BCUT2D eigenvalue weighted by atomic mass is 9.83. The number of hydrogen-bond acceptors (Lipinski definition) is 4. The van der Waals surface area contributed by atoms with Crippen molar-refractivity contribution in [3.63, 3.8) is 0 Å². The van der Waals surface area contributed by atoms with Crippen LogP contribution in [-0.4, -0.2) is 40.5 Å². The molecule has 0 spiro atoms. The average Bonchev–Trinajstić information content (AvgIpc) is 3.13. The molecule has 0 aromatic heterocycles. The van der Waals surface area contributed by atoms with E-state index in [1.54, 1.807) is 12.2 Å². The van der Waals surface area contributed by atoms with Crippen LogP contribution in [0.25, 0.3) is 0 Å². The molecule has 0 saturated carbocycles. The van der Waals surface area contributed by atoms with Crippen LogP contribution in [0, 0.1) is 5.92 Å². The van der Waals surface area contributed by atoms with E-state index in [2.05, 4.69) is 36.3 Å². The summed E-state index contributed by atoms with van der Waals surface area (Å²) in [5.41, 5.74) is 6.78. The standard InChI is InChI=1S/C24H28N2O3/c1-3-14-9-16-11-18(12-17(16)10-15(14)4-2)25-13-22(28)19-5-7-21(27)24-20(19)6-8-23(29)26-24/h5-10,18,20,22,25,27-28H,3-4,11-13H2,1-2H3. The van der Waals surface area contributed by atoms with Crippen molar-refractivity contribution < 1.29 is 15.0 Å². The highest BCUT2D eigenvalue weighted by Gasteiger charge is 2.32. The fourth-order valence-corrected chi connectivity index (χ4v) is 4.64. The molecule has 0 saturated heterocycles. The minimum atomic E-state index is -0.714. The van der Waals surface area contributed by atoms with Gasteiger partial charge < -0.3 is 15.5 Å². The van der Waals surface area contributed by atoms with Gasteiger partial charge in [0.15, 0.2) is 0 Å². The Balaban J connectivity index is 1.41. The van der Waals surface area contributed by atoms with Crippen molar-refractivity contribution in [1.82, 2.24) is 5.32 Å². The molecule has 29 heavy (non-hydrogen) atoms. The number of aliphatic imine (C=N–C) groups is 1. The summed E-state index contributed by atoms with van der Waals surface area (Å²) in [4.78, 5) is 15.4. The molecule has 1 aliphatic heterocycles. The van der Waals surface area contributed by atoms with E-state index >= 15 is 0 Å². The number of rotatable bonds is 6. The molecule has 2 atom stereocenters. The maximum Gasteiger partial charge on any atom is 0.269 e. The Morgan fingerprint density at radius 1 is 1.14 bits per heavy atom. The molecule has 1 heterocycles. The van der Waals surface area contributed by atoms with Gasteiger partial charge >= 0.3 is 0 Å². The van der Waals surface area contributed by atoms with Crippen molar-refractivity contribution in [3.8, 4) is 0 Å². The number of benzene rings is 1. The van der Waals surface area contributed by atoms with Crippen LogP contribution >= 0.6 is 0 Å². The van der Waals surface area contributed by atoms with E-state index < -0.39 is 6.10 Å². The van der Waals surface area contributed by atoms with Crippen LogP contribution in [0.2, 0.25) is 0 Å². The van der Waals surface area contributed by atoms with E-state index in [9.17, 15) is 15.0 Å². The predicted octanol–water partition coefficient (Wildman–Crippen LogP) is 2.76. The zero-order chi connectivity index (χ0) is 20.5. The maximum atomic E-state index is 11.5. The fraction of sp³-hybridized carbons (Fsp3) is 0.417. The van der Waals surface area contributed by atoms with E-state index in [1.807, 2.05) is 0 Å². The zero-order valence-electron chi connectivity index (χ0n) is 17.0. The lowest BCUT2D eigenvalue weighted by Crippen LogP contribution is -2.39. The van der Waals surface area contributed by atoms with Crippen molar-refractivity contribution in [2.75, 3.05) is 6.54 Å². The first-order chi connectivity index (χ1) is 14.0. The highest BCUT2D eigenvalue weighted by molar-refractivity contribution is 6.13. The molecule has 0 bridgehead atoms. The van der Waals surface area contributed by atoms with E-state index in [-0.39, 0.29) is 17.6 Å². The maximum absolute atomic E-state index is 11.5. The number of amides is 1. The molecule has 5 heteroatoms. The first-order valence-electron chi connectivity index (χ1n) is 10.5. The molecule has 152 valence electrons. The largest absolute Gasteiger partial charge is 0.506 e. The SMILES string of the molecule is CCc1cc2c(cc1CC)CC(NCC(O)C1=CC=C(O)C3=NC(=O)C=CC13)C2. The van der Waals surface area contributed by atoms with Crippen LogP contribution in [0.1, 0.15) is 36.1 Å². The summed E-state index contributed by atoms with van der Waals surface area (Å²) >= 11 is 0. The summed E-state index contributed by atoms with van der Waals surface area (Å²) in [5, 5.41) is 24.3. The van der Waals surface area contributed by atoms with Crippen molar-refractivity contribution in [2.45, 2.75) is 51.7 Å². The number of fused-ring (bicyclic) bond motifs is 2. The number of nitrogens with zero attached hydrogens (tertiary/aromatic N) is 1. The van der Waals surface area contributed by atoms with Gasteiger partial charge in [-0.3, -0.25) is 4.79 Å². The monoisotopic (exact) mass is 392 g/mol.